The van der Waals surface area contributed by atoms with E-state index in [1.807, 2.05) is 6.07 Å². The molecule has 4 nitrogen and oxygen atoms in total. The molecule has 0 saturated carbocycles. The summed E-state index contributed by atoms with van der Waals surface area (Å²) in [6, 6.07) is 15.3. The van der Waals surface area contributed by atoms with E-state index in [9.17, 15) is 27.2 Å². The fraction of sp³-hybridized carbons (Fsp3) is 0.185. The predicted octanol–water partition coefficient (Wildman–Crippen LogP) is 7.78. The summed E-state index contributed by atoms with van der Waals surface area (Å²) in [7, 11) is 0. The number of alkyl halides is 4. The molecule has 0 atom stereocenters. The van der Waals surface area contributed by atoms with Crippen LogP contribution in [-0.4, -0.2) is 36.0 Å². The Morgan fingerprint density at radius 2 is 1.53 bits per heavy atom. The number of carbonyl (C=O) groups excluding carboxylic acids is 2. The van der Waals surface area contributed by atoms with Crippen LogP contribution in [0.1, 0.15) is 27.0 Å². The summed E-state index contributed by atoms with van der Waals surface area (Å²) in [5.41, 5.74) is -3.07. The molecule has 0 aromatic heterocycles. The lowest BCUT2D eigenvalue weighted by Gasteiger charge is -2.43. The molecule has 0 aliphatic carbocycles. The molecule has 11 heteroatoms. The van der Waals surface area contributed by atoms with Gasteiger partial charge in [0.1, 0.15) is 6.61 Å². The highest BCUT2D eigenvalue weighted by Crippen LogP contribution is 2.39. The van der Waals surface area contributed by atoms with E-state index < -0.39 is 50.7 Å². The Morgan fingerprint density at radius 3 is 2.08 bits per heavy atom. The van der Waals surface area contributed by atoms with E-state index in [4.69, 9.17) is 27.9 Å². The number of ketones is 1. The van der Waals surface area contributed by atoms with Gasteiger partial charge in [-0.3, -0.25) is 4.79 Å². The number of rotatable bonds is 6. The van der Waals surface area contributed by atoms with Crippen molar-refractivity contribution in [1.29, 1.82) is 0 Å². The molecule has 0 unspecified atom stereocenters. The minimum atomic E-state index is -4.98. The number of hydrogen-bond donors (Lipinski definition) is 0. The molecule has 1 aliphatic rings. The molecule has 1 saturated heterocycles. The number of carbonyl (C=O) groups is 2. The van der Waals surface area contributed by atoms with Crippen LogP contribution >= 0.6 is 23.2 Å². The van der Waals surface area contributed by atoms with Crippen LogP contribution < -0.4 is 0 Å². The fourth-order valence-corrected chi connectivity index (χ4v) is 4.36. The van der Waals surface area contributed by atoms with Gasteiger partial charge in [0.15, 0.2) is 17.3 Å². The molecule has 1 amide bonds. The molecule has 4 rings (SSSR count). The monoisotopic (exact) mass is 569 g/mol. The van der Waals surface area contributed by atoms with Crippen molar-refractivity contribution in [2.45, 2.75) is 18.5 Å². The van der Waals surface area contributed by atoms with Crippen LogP contribution in [0.15, 0.2) is 72.8 Å². The number of ether oxygens (including phenoxy) is 1. The second-order valence-electron chi connectivity index (χ2n) is 8.61. The van der Waals surface area contributed by atoms with Crippen LogP contribution in [0.2, 0.25) is 10.0 Å². The first-order valence-corrected chi connectivity index (χ1v) is 11.9. The highest BCUT2D eigenvalue weighted by molar-refractivity contribution is 6.35. The van der Waals surface area contributed by atoms with Gasteiger partial charge in [0, 0.05) is 5.56 Å². The van der Waals surface area contributed by atoms with E-state index >= 15 is 4.39 Å². The van der Waals surface area contributed by atoms with Crippen molar-refractivity contribution in [2.75, 3.05) is 13.1 Å². The van der Waals surface area contributed by atoms with Gasteiger partial charge in [0.05, 0.1) is 28.7 Å². The minimum absolute atomic E-state index is 0.0377. The third-order valence-electron chi connectivity index (χ3n) is 5.91. The van der Waals surface area contributed by atoms with Gasteiger partial charge in [0.25, 0.3) is 0 Å². The van der Waals surface area contributed by atoms with Crippen molar-refractivity contribution >= 4 is 40.7 Å². The average molecular weight is 570 g/mol. The SMILES string of the molecule is O=C(/C=C(\c1cc(Cl)c(F)c(Cl)c1)C(F)(F)F)c1ccc(C2(F)CN(C(=O)OCc3ccccc3)C2)cc1. The second-order valence-corrected chi connectivity index (χ2v) is 9.43. The number of halogens is 7. The van der Waals surface area contributed by atoms with Gasteiger partial charge >= 0.3 is 12.3 Å². The second kappa shape index (κ2) is 10.7. The van der Waals surface area contributed by atoms with Gasteiger partial charge in [-0.15, -0.1) is 0 Å². The Balaban J connectivity index is 1.44. The molecule has 1 heterocycles. The first-order chi connectivity index (χ1) is 17.9. The largest absolute Gasteiger partial charge is 0.445 e. The number of hydrogen-bond acceptors (Lipinski definition) is 3. The maximum atomic E-state index is 15.3. The maximum absolute atomic E-state index is 15.3. The predicted molar refractivity (Wildman–Crippen MR) is 132 cm³/mol. The van der Waals surface area contributed by atoms with E-state index in [1.165, 1.54) is 29.2 Å². The average Bonchev–Trinajstić information content (AvgIpc) is 2.86. The number of nitrogens with zero attached hydrogens (tertiary/aromatic N) is 1. The zero-order chi connectivity index (χ0) is 27.7. The first kappa shape index (κ1) is 27.6. The molecule has 1 fully saturated rings. The van der Waals surface area contributed by atoms with Crippen molar-refractivity contribution < 1.29 is 36.3 Å². The Hall–Kier alpha value is -3.43. The summed E-state index contributed by atoms with van der Waals surface area (Å²) in [5, 5.41) is -1.27. The highest BCUT2D eigenvalue weighted by atomic mass is 35.5. The van der Waals surface area contributed by atoms with Gasteiger partial charge in [-0.2, -0.15) is 13.2 Å². The van der Waals surface area contributed by atoms with Gasteiger partial charge in [-0.05, 0) is 34.9 Å². The zero-order valence-electron chi connectivity index (χ0n) is 19.4. The number of allylic oxidation sites excluding steroid dienone is 2. The minimum Gasteiger partial charge on any atom is -0.445 e. The van der Waals surface area contributed by atoms with Crippen molar-refractivity contribution in [3.05, 3.63) is 111 Å². The van der Waals surface area contributed by atoms with Gasteiger partial charge in [-0.25, -0.2) is 13.6 Å². The Kier molecular flexibility index (Phi) is 7.80. The molecule has 3 aromatic rings. The molecule has 0 radical (unpaired) electrons. The van der Waals surface area contributed by atoms with Crippen LogP contribution in [0.5, 0.6) is 0 Å². The lowest BCUT2D eigenvalue weighted by molar-refractivity contribution is -0.0689. The highest BCUT2D eigenvalue weighted by Gasteiger charge is 2.48. The van der Waals surface area contributed by atoms with E-state index in [2.05, 4.69) is 0 Å². The van der Waals surface area contributed by atoms with Crippen LogP contribution in [0.4, 0.5) is 26.7 Å². The standard InChI is InChI=1S/C27H18Cl2F5NO3/c28-21-10-18(11-22(29)24(21)30)20(27(32,33)34)12-23(36)17-6-8-19(9-7-17)26(31)14-35(15-26)25(37)38-13-16-4-2-1-3-5-16/h1-12H,13-15H2/b20-12+. The van der Waals surface area contributed by atoms with Crippen molar-refractivity contribution in [2.24, 2.45) is 0 Å². The van der Waals surface area contributed by atoms with Crippen LogP contribution in [0.25, 0.3) is 5.57 Å². The summed E-state index contributed by atoms with van der Waals surface area (Å²) in [4.78, 5) is 26.0. The zero-order valence-corrected chi connectivity index (χ0v) is 20.9. The van der Waals surface area contributed by atoms with E-state index in [0.717, 1.165) is 17.7 Å². The molecule has 0 spiro atoms. The lowest BCUT2D eigenvalue weighted by Crippen LogP contribution is -2.58. The number of likely N-dealkylation sites (tertiary alicyclic amines) is 1. The molecule has 38 heavy (non-hydrogen) atoms. The Morgan fingerprint density at radius 1 is 0.947 bits per heavy atom. The molecule has 3 aromatic carbocycles. The molecule has 0 N–H and O–H groups in total. The van der Waals surface area contributed by atoms with E-state index in [1.54, 1.807) is 24.3 Å². The van der Waals surface area contributed by atoms with Crippen LogP contribution in [0, 0.1) is 5.82 Å². The lowest BCUT2D eigenvalue weighted by atomic mass is 9.87. The van der Waals surface area contributed by atoms with Crippen LogP contribution in [-0.2, 0) is 17.0 Å². The number of amides is 1. The van der Waals surface area contributed by atoms with Crippen molar-refractivity contribution in [3.63, 3.8) is 0 Å². The van der Waals surface area contributed by atoms with E-state index in [0.29, 0.717) is 6.08 Å². The fourth-order valence-electron chi connectivity index (χ4n) is 3.87. The summed E-state index contributed by atoms with van der Waals surface area (Å²) < 4.78 is 75.2. The molecular formula is C27H18Cl2F5NO3. The topological polar surface area (TPSA) is 46.6 Å². The van der Waals surface area contributed by atoms with Crippen LogP contribution in [0.3, 0.4) is 0 Å². The number of benzene rings is 3. The van der Waals surface area contributed by atoms with Gasteiger partial charge in [-0.1, -0.05) is 77.8 Å². The summed E-state index contributed by atoms with van der Waals surface area (Å²) in [6.07, 6.45) is -5.32. The van der Waals surface area contributed by atoms with Gasteiger partial charge in [0.2, 0.25) is 0 Å². The summed E-state index contributed by atoms with van der Waals surface area (Å²) >= 11 is 11.2. The summed E-state index contributed by atoms with van der Waals surface area (Å²) in [6.45, 7) is -0.522. The molecular weight excluding hydrogens is 552 g/mol. The molecule has 1 aliphatic heterocycles. The molecule has 0 bridgehead atoms. The third kappa shape index (κ3) is 6.00. The molecule has 198 valence electrons. The maximum Gasteiger partial charge on any atom is 0.417 e. The Bertz CT molecular complexity index is 1360. The summed E-state index contributed by atoms with van der Waals surface area (Å²) in [5.74, 6) is -2.10. The third-order valence-corrected chi connectivity index (χ3v) is 6.46. The quantitative estimate of drug-likeness (QED) is 0.132. The smallest absolute Gasteiger partial charge is 0.417 e. The van der Waals surface area contributed by atoms with Crippen molar-refractivity contribution in [1.82, 2.24) is 4.90 Å². The van der Waals surface area contributed by atoms with E-state index in [-0.39, 0.29) is 30.8 Å². The first-order valence-electron chi connectivity index (χ1n) is 11.1. The van der Waals surface area contributed by atoms with Crippen molar-refractivity contribution in [3.8, 4) is 0 Å². The normalized spacial score (nSPS) is 15.1. The van der Waals surface area contributed by atoms with Gasteiger partial charge < -0.3 is 9.64 Å². The Labute approximate surface area is 224 Å².